The Morgan fingerprint density at radius 3 is 3.00 bits per heavy atom. The van der Waals surface area contributed by atoms with Gasteiger partial charge in [0.1, 0.15) is 0 Å². The van der Waals surface area contributed by atoms with Crippen LogP contribution in [0.15, 0.2) is 30.0 Å². The maximum Gasteiger partial charge on any atom is 0.0991 e. The van der Waals surface area contributed by atoms with Gasteiger partial charge in [0.25, 0.3) is 0 Å². The second-order valence-corrected chi connectivity index (χ2v) is 2.90. The van der Waals surface area contributed by atoms with E-state index in [4.69, 9.17) is 0 Å². The number of rotatable bonds is 1. The van der Waals surface area contributed by atoms with Crippen molar-refractivity contribution in [2.45, 2.75) is 0 Å². The summed E-state index contributed by atoms with van der Waals surface area (Å²) in [4.78, 5) is 9.14. The molecular weight excluding hydrogens is 156 g/mol. The lowest BCUT2D eigenvalue weighted by Gasteiger charge is -1.90. The van der Waals surface area contributed by atoms with Crippen molar-refractivity contribution in [3.05, 3.63) is 36.1 Å². The Morgan fingerprint density at radius 1 is 1.36 bits per heavy atom. The predicted molar refractivity (Wildman–Crippen MR) is 44.2 cm³/mol. The van der Waals surface area contributed by atoms with Gasteiger partial charge < -0.3 is 0 Å². The van der Waals surface area contributed by atoms with Crippen LogP contribution in [0.3, 0.4) is 0 Å². The van der Waals surface area contributed by atoms with Crippen molar-refractivity contribution >= 4 is 11.3 Å². The molecule has 0 fully saturated rings. The quantitative estimate of drug-likeness (QED) is 0.639. The summed E-state index contributed by atoms with van der Waals surface area (Å²) < 4.78 is 0. The normalized spacial score (nSPS) is 9.82. The van der Waals surface area contributed by atoms with E-state index in [0.29, 0.717) is 0 Å². The fraction of sp³-hybridized carbons (Fsp3) is 0. The fourth-order valence-corrected chi connectivity index (χ4v) is 1.43. The van der Waals surface area contributed by atoms with E-state index in [-0.39, 0.29) is 0 Å². The highest BCUT2D eigenvalue weighted by Crippen LogP contribution is 2.19. The molecule has 53 valence electrons. The highest BCUT2D eigenvalue weighted by atomic mass is 32.1. The van der Waals surface area contributed by atoms with Gasteiger partial charge in [-0.15, -0.1) is 11.3 Å². The lowest BCUT2D eigenvalue weighted by atomic mass is 10.4. The van der Waals surface area contributed by atoms with E-state index in [1.54, 1.807) is 29.9 Å². The minimum atomic E-state index is 0.891. The number of hydrogen-bond donors (Lipinski definition) is 0. The maximum absolute atomic E-state index is 4.14. The molecule has 0 aliphatic rings. The van der Waals surface area contributed by atoms with Gasteiger partial charge >= 0.3 is 0 Å². The molecule has 2 heterocycles. The average molecular weight is 161 g/mol. The third-order valence-corrected chi connectivity index (χ3v) is 2.10. The van der Waals surface area contributed by atoms with Crippen LogP contribution in [0.2, 0.25) is 0 Å². The topological polar surface area (TPSA) is 25.8 Å². The molecule has 0 aliphatic carbocycles. The molecule has 0 aliphatic heterocycles. The summed E-state index contributed by atoms with van der Waals surface area (Å²) in [6, 6.07) is 4.95. The van der Waals surface area contributed by atoms with Gasteiger partial charge in [-0.3, -0.25) is 9.97 Å². The molecule has 3 heteroatoms. The first-order valence-electron chi connectivity index (χ1n) is 3.18. The van der Waals surface area contributed by atoms with Gasteiger partial charge in [-0.05, 0) is 11.4 Å². The smallest absolute Gasteiger partial charge is 0.0991 e. The van der Waals surface area contributed by atoms with Crippen LogP contribution in [0.1, 0.15) is 0 Å². The van der Waals surface area contributed by atoms with E-state index < -0.39 is 0 Å². The molecule has 0 amide bonds. The predicted octanol–water partition coefficient (Wildman–Crippen LogP) is 2.01. The van der Waals surface area contributed by atoms with E-state index in [2.05, 4.69) is 16.0 Å². The summed E-state index contributed by atoms with van der Waals surface area (Å²) in [5.41, 5.74) is 0.891. The molecule has 0 unspecified atom stereocenters. The average Bonchev–Trinajstić information content (AvgIpc) is 2.58. The molecule has 11 heavy (non-hydrogen) atoms. The monoisotopic (exact) mass is 161 g/mol. The highest BCUT2D eigenvalue weighted by molar-refractivity contribution is 7.13. The van der Waals surface area contributed by atoms with Gasteiger partial charge in [-0.1, -0.05) is 0 Å². The van der Waals surface area contributed by atoms with Gasteiger partial charge in [-0.25, -0.2) is 0 Å². The Labute approximate surface area is 68.6 Å². The summed E-state index contributed by atoms with van der Waals surface area (Å²) >= 11 is 1.62. The fourth-order valence-electron chi connectivity index (χ4n) is 0.796. The summed E-state index contributed by atoms with van der Waals surface area (Å²) in [6.45, 7) is 0. The summed E-state index contributed by atoms with van der Waals surface area (Å²) in [5.74, 6) is 0. The third-order valence-electron chi connectivity index (χ3n) is 1.26. The van der Waals surface area contributed by atoms with Crippen LogP contribution in [0.25, 0.3) is 10.6 Å². The van der Waals surface area contributed by atoms with E-state index >= 15 is 0 Å². The van der Waals surface area contributed by atoms with Crippen LogP contribution in [-0.2, 0) is 0 Å². The first kappa shape index (κ1) is 6.49. The summed E-state index contributed by atoms with van der Waals surface area (Å²) in [6.07, 6.45) is 5.09. The first-order valence-corrected chi connectivity index (χ1v) is 4.06. The first-order chi connectivity index (χ1) is 5.47. The number of nitrogens with zero attached hydrogens (tertiary/aromatic N) is 2. The Hall–Kier alpha value is -1.22. The minimum absolute atomic E-state index is 0.891. The van der Waals surface area contributed by atoms with E-state index in [0.717, 1.165) is 10.6 Å². The molecular formula is C8H5N2S. The molecule has 2 nitrogen and oxygen atoms in total. The number of thiophene rings is 1. The number of aromatic nitrogens is 2. The second-order valence-electron chi connectivity index (χ2n) is 1.98. The van der Waals surface area contributed by atoms with Crippen molar-refractivity contribution in [2.75, 3.05) is 0 Å². The zero-order valence-corrected chi connectivity index (χ0v) is 6.51. The van der Waals surface area contributed by atoms with Crippen LogP contribution in [0.4, 0.5) is 0 Å². The number of hydrogen-bond acceptors (Lipinski definition) is 3. The molecule has 0 atom stereocenters. The Balaban J connectivity index is 2.46. The lowest BCUT2D eigenvalue weighted by molar-refractivity contribution is 1.21. The molecule has 1 radical (unpaired) electrons. The van der Waals surface area contributed by atoms with Gasteiger partial charge in [0.15, 0.2) is 0 Å². The molecule has 0 N–H and O–H groups in total. The molecule has 2 aromatic heterocycles. The lowest BCUT2D eigenvalue weighted by Crippen LogP contribution is -1.79. The standard InChI is InChI=1S/C8H5N2S/c1-2-8(11-5-1)7-6-9-3-4-10-7/h1,3-6H. The van der Waals surface area contributed by atoms with Crippen molar-refractivity contribution < 1.29 is 0 Å². The van der Waals surface area contributed by atoms with E-state index in [1.165, 1.54) is 0 Å². The highest BCUT2D eigenvalue weighted by Gasteiger charge is 1.97. The van der Waals surface area contributed by atoms with E-state index in [9.17, 15) is 0 Å². The minimum Gasteiger partial charge on any atom is -0.261 e. The van der Waals surface area contributed by atoms with Crippen LogP contribution >= 0.6 is 11.3 Å². The van der Waals surface area contributed by atoms with Gasteiger partial charge in [0, 0.05) is 18.5 Å². The maximum atomic E-state index is 4.14. The van der Waals surface area contributed by atoms with E-state index in [1.807, 2.05) is 11.4 Å². The molecule has 0 bridgehead atoms. The van der Waals surface area contributed by atoms with Crippen molar-refractivity contribution in [3.63, 3.8) is 0 Å². The van der Waals surface area contributed by atoms with Gasteiger partial charge in [0.05, 0.1) is 16.8 Å². The van der Waals surface area contributed by atoms with Crippen molar-refractivity contribution in [1.82, 2.24) is 9.97 Å². The van der Waals surface area contributed by atoms with Crippen molar-refractivity contribution in [2.24, 2.45) is 0 Å². The molecule has 0 aromatic carbocycles. The van der Waals surface area contributed by atoms with Gasteiger partial charge in [-0.2, -0.15) is 0 Å². The molecule has 0 spiro atoms. The van der Waals surface area contributed by atoms with Crippen molar-refractivity contribution in [3.8, 4) is 10.6 Å². The van der Waals surface area contributed by atoms with Crippen LogP contribution in [-0.4, -0.2) is 9.97 Å². The molecule has 2 aromatic rings. The van der Waals surface area contributed by atoms with Crippen LogP contribution in [0.5, 0.6) is 0 Å². The van der Waals surface area contributed by atoms with Gasteiger partial charge in [0.2, 0.25) is 0 Å². The zero-order chi connectivity index (χ0) is 7.52. The Bertz CT molecular complexity index is 315. The zero-order valence-electron chi connectivity index (χ0n) is 5.69. The third kappa shape index (κ3) is 1.28. The molecule has 2 rings (SSSR count). The van der Waals surface area contributed by atoms with Crippen molar-refractivity contribution in [1.29, 1.82) is 0 Å². The van der Waals surface area contributed by atoms with Crippen LogP contribution < -0.4 is 0 Å². The molecule has 0 saturated heterocycles. The SMILES string of the molecule is [c]1ccsc1-c1cnccn1. The Morgan fingerprint density at radius 2 is 2.36 bits per heavy atom. The Kier molecular flexibility index (Phi) is 1.65. The summed E-state index contributed by atoms with van der Waals surface area (Å²) in [7, 11) is 0. The molecule has 0 saturated carbocycles. The largest absolute Gasteiger partial charge is 0.261 e. The van der Waals surface area contributed by atoms with Crippen LogP contribution in [0, 0.1) is 6.07 Å². The summed E-state index contributed by atoms with van der Waals surface area (Å²) in [5, 5.41) is 1.98. The second kappa shape index (κ2) is 2.80.